The van der Waals surface area contributed by atoms with Crippen LogP contribution in [-0.2, 0) is 22.3 Å². The van der Waals surface area contributed by atoms with Gasteiger partial charge in [-0.25, -0.2) is 0 Å². The number of carbonyl (C=O) groups excluding carboxylic acids is 2. The van der Waals surface area contributed by atoms with Crippen molar-refractivity contribution in [3.05, 3.63) is 67.9 Å². The summed E-state index contributed by atoms with van der Waals surface area (Å²) >= 11 is 3.31. The number of hydrogen-bond acceptors (Lipinski definition) is 6. The molecule has 2 heterocycles. The molecule has 2 N–H and O–H groups in total. The number of esters is 1. The molecule has 1 aliphatic rings. The second-order valence-corrected chi connectivity index (χ2v) is 10.4. The molecule has 1 aromatic heterocycles. The predicted molar refractivity (Wildman–Crippen MR) is 131 cm³/mol. The zero-order chi connectivity index (χ0) is 27.3. The molecule has 0 fully saturated rings. The van der Waals surface area contributed by atoms with Gasteiger partial charge in [0, 0.05) is 9.86 Å². The van der Waals surface area contributed by atoms with Crippen LogP contribution < -0.4 is 15.6 Å². The highest BCUT2D eigenvalue weighted by Crippen LogP contribution is 2.41. The fourth-order valence-corrected chi connectivity index (χ4v) is 4.45. The van der Waals surface area contributed by atoms with E-state index in [0.29, 0.717) is 10.0 Å². The van der Waals surface area contributed by atoms with Crippen molar-refractivity contribution < 1.29 is 37.3 Å². The molecular weight excluding hydrogens is 561 g/mol. The average molecular weight is 583 g/mol. The van der Waals surface area contributed by atoms with Crippen molar-refractivity contribution in [3.8, 4) is 11.5 Å². The van der Waals surface area contributed by atoms with Gasteiger partial charge in [0.05, 0.1) is 17.6 Å². The minimum atomic E-state index is -4.51. The molecule has 37 heavy (non-hydrogen) atoms. The lowest BCUT2D eigenvalue weighted by Crippen LogP contribution is -2.39. The second-order valence-electron chi connectivity index (χ2n) is 9.43. The Labute approximate surface area is 217 Å². The molecule has 1 aliphatic heterocycles. The topological polar surface area (TPSA) is 107 Å². The molecule has 12 heteroatoms. The second kappa shape index (κ2) is 9.40. The van der Waals surface area contributed by atoms with Gasteiger partial charge in [-0.2, -0.15) is 13.2 Å². The van der Waals surface area contributed by atoms with Gasteiger partial charge in [0.15, 0.2) is 0 Å². The maximum absolute atomic E-state index is 13.4. The molecule has 0 saturated heterocycles. The van der Waals surface area contributed by atoms with Crippen molar-refractivity contribution in [2.45, 2.75) is 45.2 Å². The van der Waals surface area contributed by atoms with Gasteiger partial charge in [-0.1, -0.05) is 28.1 Å². The van der Waals surface area contributed by atoms with Gasteiger partial charge in [0.2, 0.25) is 0 Å². The molecule has 8 nitrogen and oxygen atoms in total. The lowest BCUT2D eigenvalue weighted by molar-refractivity contribution is -0.153. The maximum atomic E-state index is 13.4. The Morgan fingerprint density at radius 2 is 1.84 bits per heavy atom. The first-order valence-corrected chi connectivity index (χ1v) is 11.9. The molecule has 0 saturated carbocycles. The fourth-order valence-electron chi connectivity index (χ4n) is 4.01. The van der Waals surface area contributed by atoms with Gasteiger partial charge >= 0.3 is 12.1 Å². The van der Waals surface area contributed by atoms with E-state index in [0.717, 1.165) is 12.1 Å². The third-order valence-corrected chi connectivity index (χ3v) is 5.99. The van der Waals surface area contributed by atoms with Crippen molar-refractivity contribution in [1.29, 1.82) is 0 Å². The van der Waals surface area contributed by atoms with E-state index in [4.69, 9.17) is 9.47 Å². The number of rotatable bonds is 4. The Morgan fingerprint density at radius 1 is 1.19 bits per heavy atom. The summed E-state index contributed by atoms with van der Waals surface area (Å²) in [5.41, 5.74) is -2.46. The van der Waals surface area contributed by atoms with E-state index in [9.17, 15) is 32.7 Å². The highest BCUT2D eigenvalue weighted by Gasteiger charge is 2.33. The summed E-state index contributed by atoms with van der Waals surface area (Å²) in [5, 5.41) is 13.3. The Bertz CT molecular complexity index is 1460. The van der Waals surface area contributed by atoms with Crippen LogP contribution in [0.3, 0.4) is 0 Å². The van der Waals surface area contributed by atoms with Crippen LogP contribution in [0.4, 0.5) is 13.2 Å². The molecule has 3 aromatic rings. The number of aromatic hydroxyl groups is 1. The summed E-state index contributed by atoms with van der Waals surface area (Å²) in [6, 6.07) is 7.40. The summed E-state index contributed by atoms with van der Waals surface area (Å²) in [5.74, 6) is -2.13. The Morgan fingerprint density at radius 3 is 2.43 bits per heavy atom. The molecular formula is C25H22BrF3N2O6. The van der Waals surface area contributed by atoms with Crippen LogP contribution in [0.1, 0.15) is 48.4 Å². The Kier molecular flexibility index (Phi) is 6.74. The SMILES string of the molecule is CC(C)(C)OC(=O)CNC(=O)c1c(O)c2cc(Br)cc3c2n(c1=O)CC(c1ccc(C(F)(F)F)cc1)O3. The van der Waals surface area contributed by atoms with Crippen molar-refractivity contribution in [1.82, 2.24) is 9.88 Å². The van der Waals surface area contributed by atoms with E-state index in [2.05, 4.69) is 21.2 Å². The lowest BCUT2D eigenvalue weighted by Gasteiger charge is -2.29. The molecule has 0 bridgehead atoms. The van der Waals surface area contributed by atoms with Crippen molar-refractivity contribution in [2.75, 3.05) is 6.54 Å². The number of alkyl halides is 3. The third kappa shape index (κ3) is 5.43. The number of benzene rings is 2. The predicted octanol–water partition coefficient (Wildman–Crippen LogP) is 4.69. The van der Waals surface area contributed by atoms with Crippen molar-refractivity contribution in [3.63, 3.8) is 0 Å². The van der Waals surface area contributed by atoms with E-state index < -0.39 is 58.7 Å². The van der Waals surface area contributed by atoms with Crippen LogP contribution in [0, 0.1) is 0 Å². The molecule has 0 aliphatic carbocycles. The summed E-state index contributed by atoms with van der Waals surface area (Å²) < 4.78 is 51.8. The van der Waals surface area contributed by atoms with Crippen LogP contribution in [0.2, 0.25) is 0 Å². The number of halogens is 4. The van der Waals surface area contributed by atoms with Gasteiger partial charge in [0.1, 0.15) is 35.3 Å². The standard InChI is InChI=1S/C25H22BrF3N2O6/c1-24(2,3)37-18(32)10-30-22(34)19-21(33)15-8-14(26)9-16-20(15)31(23(19)35)11-17(36-16)12-4-6-13(7-5-12)25(27,28)29/h4-9,17,33H,10-11H2,1-3H3,(H,30,34). The van der Waals surface area contributed by atoms with Gasteiger partial charge in [-0.15, -0.1) is 0 Å². The first-order chi connectivity index (χ1) is 17.2. The maximum Gasteiger partial charge on any atom is 0.416 e. The quantitative estimate of drug-likeness (QED) is 0.432. The van der Waals surface area contributed by atoms with Crippen LogP contribution >= 0.6 is 15.9 Å². The largest absolute Gasteiger partial charge is 0.506 e. The van der Waals surface area contributed by atoms with E-state index in [1.807, 2.05) is 0 Å². The van der Waals surface area contributed by atoms with Gasteiger partial charge in [-0.05, 0) is 50.6 Å². The smallest absolute Gasteiger partial charge is 0.416 e. The number of aromatic nitrogens is 1. The van der Waals surface area contributed by atoms with E-state index in [1.54, 1.807) is 26.8 Å². The number of nitrogens with zero attached hydrogens (tertiary/aromatic N) is 1. The van der Waals surface area contributed by atoms with E-state index >= 15 is 0 Å². The number of hydrogen-bond donors (Lipinski definition) is 2. The van der Waals surface area contributed by atoms with Crippen LogP contribution in [0.15, 0.2) is 45.7 Å². The van der Waals surface area contributed by atoms with Gasteiger partial charge in [0.25, 0.3) is 11.5 Å². The molecule has 1 amide bonds. The van der Waals surface area contributed by atoms with Crippen LogP contribution in [-0.4, -0.2) is 33.7 Å². The van der Waals surface area contributed by atoms with Crippen molar-refractivity contribution >= 4 is 38.7 Å². The highest BCUT2D eigenvalue weighted by molar-refractivity contribution is 9.10. The summed E-state index contributed by atoms with van der Waals surface area (Å²) in [6.45, 7) is 4.30. The minimum Gasteiger partial charge on any atom is -0.506 e. The van der Waals surface area contributed by atoms with E-state index in [1.165, 1.54) is 22.8 Å². The first-order valence-electron chi connectivity index (χ1n) is 11.1. The van der Waals surface area contributed by atoms with Crippen LogP contribution in [0.5, 0.6) is 11.5 Å². The number of nitrogens with one attached hydrogen (secondary N) is 1. The lowest BCUT2D eigenvalue weighted by atomic mass is 10.0. The number of amides is 1. The third-order valence-electron chi connectivity index (χ3n) is 5.53. The minimum absolute atomic E-state index is 0.136. The summed E-state index contributed by atoms with van der Waals surface area (Å²) in [7, 11) is 0. The highest BCUT2D eigenvalue weighted by atomic mass is 79.9. The zero-order valence-corrected chi connectivity index (χ0v) is 21.5. The van der Waals surface area contributed by atoms with Crippen molar-refractivity contribution in [2.24, 2.45) is 0 Å². The molecule has 1 atom stereocenters. The van der Waals surface area contributed by atoms with Gasteiger partial charge in [-0.3, -0.25) is 19.0 Å². The fraction of sp³-hybridized carbons (Fsp3) is 0.320. The molecule has 1 unspecified atom stereocenters. The molecule has 196 valence electrons. The Hall–Kier alpha value is -3.54. The number of carbonyl (C=O) groups is 2. The molecule has 4 rings (SSSR count). The summed E-state index contributed by atoms with van der Waals surface area (Å²) in [4.78, 5) is 38.3. The Balaban J connectivity index is 1.73. The average Bonchev–Trinajstić information content (AvgIpc) is 2.79. The molecule has 0 radical (unpaired) electrons. The van der Waals surface area contributed by atoms with E-state index in [-0.39, 0.29) is 23.2 Å². The zero-order valence-electron chi connectivity index (χ0n) is 19.9. The molecule has 2 aromatic carbocycles. The van der Waals surface area contributed by atoms with Gasteiger partial charge < -0.3 is 19.9 Å². The monoisotopic (exact) mass is 582 g/mol. The number of ether oxygens (including phenoxy) is 2. The molecule has 0 spiro atoms. The first kappa shape index (κ1) is 26.5. The number of pyridine rings is 1. The summed E-state index contributed by atoms with van der Waals surface area (Å²) in [6.07, 6.45) is -5.36. The van der Waals surface area contributed by atoms with Crippen LogP contribution in [0.25, 0.3) is 10.9 Å². The normalized spacial score (nSPS) is 15.3.